The lowest BCUT2D eigenvalue weighted by molar-refractivity contribution is 0.685. The molecule has 0 saturated heterocycles. The Hall–Kier alpha value is -0.980. The minimum Gasteiger partial charge on any atom is -0.378 e. The van der Waals surface area contributed by atoms with E-state index in [0.717, 1.165) is 0 Å². The Kier molecular flexibility index (Phi) is 2.26. The molecule has 0 aliphatic heterocycles. The maximum atomic E-state index is 2.34. The molecular weight excluding hydrogens is 158 g/mol. The number of hydrogen-bond donors (Lipinski definition) is 0. The number of aryl methyl sites for hydroxylation is 2. The van der Waals surface area contributed by atoms with Gasteiger partial charge in [-0.1, -0.05) is 6.07 Å². The summed E-state index contributed by atoms with van der Waals surface area (Å²) in [5, 5.41) is 0. The van der Waals surface area contributed by atoms with Crippen LogP contribution in [-0.4, -0.2) is 14.1 Å². The molecule has 0 saturated carbocycles. The van der Waals surface area contributed by atoms with Crippen LogP contribution in [-0.2, 0) is 12.8 Å². The largest absolute Gasteiger partial charge is 0.378 e. The first kappa shape index (κ1) is 8.61. The first-order valence-corrected chi connectivity index (χ1v) is 5.06. The molecule has 1 aromatic carbocycles. The lowest BCUT2D eigenvalue weighted by Gasteiger charge is -2.19. The van der Waals surface area contributed by atoms with Gasteiger partial charge in [-0.3, -0.25) is 0 Å². The summed E-state index contributed by atoms with van der Waals surface area (Å²) in [6.07, 6.45) is 5.29. The monoisotopic (exact) mass is 175 g/mol. The van der Waals surface area contributed by atoms with E-state index in [1.807, 2.05) is 0 Å². The fourth-order valence-corrected chi connectivity index (χ4v) is 2.00. The van der Waals surface area contributed by atoms with E-state index < -0.39 is 0 Å². The molecule has 0 radical (unpaired) electrons. The van der Waals surface area contributed by atoms with Crippen LogP contribution < -0.4 is 4.90 Å². The van der Waals surface area contributed by atoms with Crippen molar-refractivity contribution in [1.29, 1.82) is 0 Å². The zero-order valence-electron chi connectivity index (χ0n) is 8.51. The highest BCUT2D eigenvalue weighted by Gasteiger charge is 2.09. The van der Waals surface area contributed by atoms with Crippen LogP contribution in [0.3, 0.4) is 0 Å². The Morgan fingerprint density at radius 1 is 1.00 bits per heavy atom. The summed E-state index contributed by atoms with van der Waals surface area (Å²) in [5.74, 6) is 0. The number of rotatable bonds is 1. The third-order valence-corrected chi connectivity index (χ3v) is 2.85. The molecule has 1 aliphatic rings. The van der Waals surface area contributed by atoms with E-state index in [0.29, 0.717) is 0 Å². The van der Waals surface area contributed by atoms with E-state index in [9.17, 15) is 0 Å². The second-order valence-electron chi connectivity index (χ2n) is 4.05. The van der Waals surface area contributed by atoms with E-state index >= 15 is 0 Å². The highest BCUT2D eigenvalue weighted by molar-refractivity contribution is 5.50. The predicted octanol–water partition coefficient (Wildman–Crippen LogP) is 2.63. The van der Waals surface area contributed by atoms with Crippen molar-refractivity contribution in [3.8, 4) is 0 Å². The molecule has 1 aromatic rings. The SMILES string of the molecule is CN(C)c1ccc2c(c1)CCCC2. The van der Waals surface area contributed by atoms with Crippen LogP contribution >= 0.6 is 0 Å². The van der Waals surface area contributed by atoms with Crippen LogP contribution in [0.1, 0.15) is 24.0 Å². The maximum absolute atomic E-state index is 2.34. The van der Waals surface area contributed by atoms with Crippen molar-refractivity contribution >= 4 is 5.69 Å². The number of anilines is 1. The molecule has 0 aromatic heterocycles. The van der Waals surface area contributed by atoms with Gasteiger partial charge in [0, 0.05) is 19.8 Å². The summed E-state index contributed by atoms with van der Waals surface area (Å²) in [4.78, 5) is 2.18. The van der Waals surface area contributed by atoms with Crippen LogP contribution in [0.4, 0.5) is 5.69 Å². The fraction of sp³-hybridized carbons (Fsp3) is 0.500. The minimum atomic E-state index is 1.27. The van der Waals surface area contributed by atoms with Crippen molar-refractivity contribution in [1.82, 2.24) is 0 Å². The summed E-state index contributed by atoms with van der Waals surface area (Å²) in [6.45, 7) is 0. The summed E-state index contributed by atoms with van der Waals surface area (Å²) < 4.78 is 0. The first-order chi connectivity index (χ1) is 6.27. The second-order valence-corrected chi connectivity index (χ2v) is 4.05. The molecule has 0 fully saturated rings. The van der Waals surface area contributed by atoms with E-state index in [1.54, 1.807) is 11.1 Å². The van der Waals surface area contributed by atoms with Gasteiger partial charge < -0.3 is 4.90 Å². The van der Waals surface area contributed by atoms with Gasteiger partial charge in [-0.15, -0.1) is 0 Å². The van der Waals surface area contributed by atoms with Crippen molar-refractivity contribution in [3.63, 3.8) is 0 Å². The predicted molar refractivity (Wildman–Crippen MR) is 57.4 cm³/mol. The molecule has 0 unspecified atom stereocenters. The van der Waals surface area contributed by atoms with Crippen LogP contribution in [0.15, 0.2) is 18.2 Å². The van der Waals surface area contributed by atoms with Gasteiger partial charge in [0.2, 0.25) is 0 Å². The molecule has 0 N–H and O–H groups in total. The van der Waals surface area contributed by atoms with E-state index in [2.05, 4.69) is 37.2 Å². The third-order valence-electron chi connectivity index (χ3n) is 2.85. The quantitative estimate of drug-likeness (QED) is 0.634. The van der Waals surface area contributed by atoms with Gasteiger partial charge in [0.05, 0.1) is 0 Å². The molecule has 1 heteroatoms. The molecule has 0 atom stereocenters. The number of fused-ring (bicyclic) bond motifs is 1. The molecule has 1 nitrogen and oxygen atoms in total. The Balaban J connectivity index is 2.35. The molecule has 2 rings (SSSR count). The molecule has 0 spiro atoms. The van der Waals surface area contributed by atoms with Crippen LogP contribution in [0.5, 0.6) is 0 Å². The minimum absolute atomic E-state index is 1.27. The summed E-state index contributed by atoms with van der Waals surface area (Å²) in [7, 11) is 4.20. The zero-order chi connectivity index (χ0) is 9.26. The lowest BCUT2D eigenvalue weighted by atomic mass is 9.91. The second kappa shape index (κ2) is 3.41. The molecule has 1 aliphatic carbocycles. The standard InChI is InChI=1S/C12H17N/c1-13(2)12-8-7-10-5-3-4-6-11(10)9-12/h7-9H,3-6H2,1-2H3. The number of nitrogens with zero attached hydrogens (tertiary/aromatic N) is 1. The van der Waals surface area contributed by atoms with E-state index in [1.165, 1.54) is 31.4 Å². The van der Waals surface area contributed by atoms with Crippen LogP contribution in [0, 0.1) is 0 Å². The van der Waals surface area contributed by atoms with Gasteiger partial charge in [0.25, 0.3) is 0 Å². The molecule has 0 bridgehead atoms. The van der Waals surface area contributed by atoms with E-state index in [-0.39, 0.29) is 0 Å². The highest BCUT2D eigenvalue weighted by atomic mass is 15.1. The van der Waals surface area contributed by atoms with Crippen LogP contribution in [0.25, 0.3) is 0 Å². The first-order valence-electron chi connectivity index (χ1n) is 5.06. The Labute approximate surface area is 80.4 Å². The smallest absolute Gasteiger partial charge is 0.0363 e. The third kappa shape index (κ3) is 1.69. The average Bonchev–Trinajstić information content (AvgIpc) is 2.17. The van der Waals surface area contributed by atoms with Gasteiger partial charge in [-0.25, -0.2) is 0 Å². The van der Waals surface area contributed by atoms with Gasteiger partial charge >= 0.3 is 0 Å². The van der Waals surface area contributed by atoms with Gasteiger partial charge in [0.1, 0.15) is 0 Å². The molecule has 70 valence electrons. The van der Waals surface area contributed by atoms with Crippen molar-refractivity contribution in [3.05, 3.63) is 29.3 Å². The van der Waals surface area contributed by atoms with Crippen molar-refractivity contribution < 1.29 is 0 Å². The maximum Gasteiger partial charge on any atom is 0.0363 e. The lowest BCUT2D eigenvalue weighted by Crippen LogP contribution is -2.10. The van der Waals surface area contributed by atoms with Crippen molar-refractivity contribution in [2.45, 2.75) is 25.7 Å². The van der Waals surface area contributed by atoms with Gasteiger partial charge in [-0.2, -0.15) is 0 Å². The fourth-order valence-electron chi connectivity index (χ4n) is 2.00. The van der Waals surface area contributed by atoms with Gasteiger partial charge in [-0.05, 0) is 48.9 Å². The topological polar surface area (TPSA) is 3.24 Å². The summed E-state index contributed by atoms with van der Waals surface area (Å²) >= 11 is 0. The van der Waals surface area contributed by atoms with E-state index in [4.69, 9.17) is 0 Å². The Bertz CT molecular complexity index is 302. The molecular formula is C12H17N. The Morgan fingerprint density at radius 2 is 1.69 bits per heavy atom. The zero-order valence-corrected chi connectivity index (χ0v) is 8.51. The van der Waals surface area contributed by atoms with Crippen molar-refractivity contribution in [2.24, 2.45) is 0 Å². The molecule has 13 heavy (non-hydrogen) atoms. The number of benzene rings is 1. The van der Waals surface area contributed by atoms with Crippen molar-refractivity contribution in [2.75, 3.05) is 19.0 Å². The molecule has 0 amide bonds. The normalized spacial score (nSPS) is 15.2. The average molecular weight is 175 g/mol. The Morgan fingerprint density at radius 3 is 2.38 bits per heavy atom. The number of hydrogen-bond acceptors (Lipinski definition) is 1. The highest BCUT2D eigenvalue weighted by Crippen LogP contribution is 2.24. The summed E-state index contributed by atoms with van der Waals surface area (Å²) in [6, 6.07) is 6.86. The molecule has 0 heterocycles. The summed E-state index contributed by atoms with van der Waals surface area (Å²) in [5.41, 5.74) is 4.47. The van der Waals surface area contributed by atoms with Gasteiger partial charge in [0.15, 0.2) is 0 Å². The van der Waals surface area contributed by atoms with Crippen LogP contribution in [0.2, 0.25) is 0 Å².